The Labute approximate surface area is 169 Å². The van der Waals surface area contributed by atoms with Gasteiger partial charge in [0.25, 0.3) is 0 Å². The van der Waals surface area contributed by atoms with E-state index in [0.717, 1.165) is 51.6 Å². The lowest BCUT2D eigenvalue weighted by atomic mass is 10.0. The van der Waals surface area contributed by atoms with Crippen molar-refractivity contribution in [3.8, 4) is 0 Å². The van der Waals surface area contributed by atoms with E-state index in [1.165, 1.54) is 17.5 Å². The lowest BCUT2D eigenvalue weighted by Gasteiger charge is -2.37. The monoisotopic (exact) mass is 385 g/mol. The molecule has 1 aromatic rings. The summed E-state index contributed by atoms with van der Waals surface area (Å²) in [4.78, 5) is 7.16. The molecule has 0 bridgehead atoms. The lowest BCUT2D eigenvalue weighted by molar-refractivity contribution is -0.0817. The van der Waals surface area contributed by atoms with E-state index in [0.29, 0.717) is 17.9 Å². The number of hydrogen-bond acceptors (Lipinski definition) is 3. The summed E-state index contributed by atoms with van der Waals surface area (Å²) in [6.07, 6.45) is 3.86. The van der Waals surface area contributed by atoms with Crippen LogP contribution >= 0.6 is 0 Å². The molecule has 0 radical (unpaired) electrons. The number of morpholine rings is 1. The number of ether oxygens (including phenoxy) is 2. The van der Waals surface area contributed by atoms with Crippen molar-refractivity contribution in [2.75, 3.05) is 32.8 Å². The summed E-state index contributed by atoms with van der Waals surface area (Å²) in [5.41, 5.74) is 2.85. The van der Waals surface area contributed by atoms with E-state index in [9.17, 15) is 0 Å². The Bertz CT molecular complexity index is 667. The van der Waals surface area contributed by atoms with Crippen LogP contribution in [-0.2, 0) is 9.47 Å². The molecule has 1 aliphatic carbocycles. The fraction of sp³-hybridized carbons (Fsp3) is 0.696. The van der Waals surface area contributed by atoms with Crippen LogP contribution in [0.1, 0.15) is 63.0 Å². The van der Waals surface area contributed by atoms with E-state index in [2.05, 4.69) is 55.3 Å². The van der Waals surface area contributed by atoms with Crippen molar-refractivity contribution in [3.63, 3.8) is 0 Å². The second kappa shape index (κ2) is 8.83. The van der Waals surface area contributed by atoms with Gasteiger partial charge >= 0.3 is 0 Å². The van der Waals surface area contributed by atoms with E-state index >= 15 is 0 Å². The summed E-state index contributed by atoms with van der Waals surface area (Å²) in [5, 5.41) is 3.74. The number of guanidine groups is 1. The first kappa shape index (κ1) is 19.7. The quantitative estimate of drug-likeness (QED) is 0.622. The van der Waals surface area contributed by atoms with E-state index in [4.69, 9.17) is 14.5 Å². The Morgan fingerprint density at radius 1 is 1.18 bits per heavy atom. The molecule has 0 amide bonds. The Hall–Kier alpha value is -1.59. The molecule has 2 heterocycles. The molecule has 0 spiro atoms. The van der Waals surface area contributed by atoms with Gasteiger partial charge in [0.15, 0.2) is 5.96 Å². The molecule has 2 saturated heterocycles. The van der Waals surface area contributed by atoms with Gasteiger partial charge in [0.05, 0.1) is 12.7 Å². The summed E-state index contributed by atoms with van der Waals surface area (Å²) >= 11 is 0. The molecular formula is C23H35N3O2. The molecule has 1 aromatic carbocycles. The molecule has 4 atom stereocenters. The highest BCUT2D eigenvalue weighted by molar-refractivity contribution is 5.81. The van der Waals surface area contributed by atoms with Gasteiger partial charge in [0.2, 0.25) is 0 Å². The summed E-state index contributed by atoms with van der Waals surface area (Å²) in [7, 11) is 0. The summed E-state index contributed by atoms with van der Waals surface area (Å²) in [5.74, 6) is 2.22. The molecule has 5 heteroatoms. The molecule has 1 N–H and O–H groups in total. The van der Waals surface area contributed by atoms with Crippen LogP contribution in [0.4, 0.5) is 0 Å². The fourth-order valence-corrected chi connectivity index (χ4v) is 4.39. The van der Waals surface area contributed by atoms with Gasteiger partial charge in [-0.1, -0.05) is 38.1 Å². The third-order valence-electron chi connectivity index (χ3n) is 6.22. The van der Waals surface area contributed by atoms with Gasteiger partial charge in [-0.25, -0.2) is 0 Å². The first-order chi connectivity index (χ1) is 13.7. The van der Waals surface area contributed by atoms with Crippen LogP contribution in [0.3, 0.4) is 0 Å². The van der Waals surface area contributed by atoms with Crippen LogP contribution in [0.15, 0.2) is 29.3 Å². The highest BCUT2D eigenvalue weighted by Gasteiger charge is 2.40. The number of hydrogen-bond donors (Lipinski definition) is 1. The first-order valence-electron chi connectivity index (χ1n) is 11.0. The highest BCUT2D eigenvalue weighted by Crippen LogP contribution is 2.41. The SMILES string of the molecule is CCN=C(NC1CC1c1ccc(C(C)C)cc1)N1CCOC(C2CCCO2)C1. The van der Waals surface area contributed by atoms with Gasteiger partial charge in [0, 0.05) is 38.2 Å². The van der Waals surface area contributed by atoms with Crippen LogP contribution in [0.25, 0.3) is 0 Å². The van der Waals surface area contributed by atoms with Crippen LogP contribution in [0.2, 0.25) is 0 Å². The Morgan fingerprint density at radius 2 is 1.96 bits per heavy atom. The van der Waals surface area contributed by atoms with Crippen LogP contribution in [0.5, 0.6) is 0 Å². The number of aliphatic imine (C=N–C) groups is 1. The summed E-state index contributed by atoms with van der Waals surface area (Å²) < 4.78 is 11.9. The molecule has 0 aromatic heterocycles. The predicted octanol–water partition coefficient (Wildman–Crippen LogP) is 3.51. The first-order valence-corrected chi connectivity index (χ1v) is 11.0. The van der Waals surface area contributed by atoms with Gasteiger partial charge in [-0.05, 0) is 43.2 Å². The topological polar surface area (TPSA) is 46.1 Å². The molecule has 5 nitrogen and oxygen atoms in total. The second-order valence-electron chi connectivity index (χ2n) is 8.62. The molecule has 154 valence electrons. The molecular weight excluding hydrogens is 350 g/mol. The van der Waals surface area contributed by atoms with Crippen LogP contribution in [0, 0.1) is 0 Å². The van der Waals surface area contributed by atoms with Gasteiger partial charge in [-0.3, -0.25) is 4.99 Å². The van der Waals surface area contributed by atoms with Crippen molar-refractivity contribution in [2.45, 2.75) is 70.1 Å². The van der Waals surface area contributed by atoms with Crippen molar-refractivity contribution in [2.24, 2.45) is 4.99 Å². The van der Waals surface area contributed by atoms with Gasteiger partial charge in [-0.2, -0.15) is 0 Å². The molecule has 3 fully saturated rings. The third kappa shape index (κ3) is 4.52. The molecule has 4 unspecified atom stereocenters. The molecule has 2 aliphatic heterocycles. The van der Waals surface area contributed by atoms with Crippen LogP contribution in [-0.4, -0.2) is 62.0 Å². The smallest absolute Gasteiger partial charge is 0.194 e. The minimum atomic E-state index is 0.165. The van der Waals surface area contributed by atoms with E-state index in [1.807, 2.05) is 0 Å². The Kier molecular flexibility index (Phi) is 6.22. The molecule has 28 heavy (non-hydrogen) atoms. The minimum Gasteiger partial charge on any atom is -0.375 e. The predicted molar refractivity (Wildman–Crippen MR) is 113 cm³/mol. The Balaban J connectivity index is 1.36. The van der Waals surface area contributed by atoms with Gasteiger partial charge in [-0.15, -0.1) is 0 Å². The largest absolute Gasteiger partial charge is 0.375 e. The minimum absolute atomic E-state index is 0.165. The average Bonchev–Trinajstić information content (AvgIpc) is 3.26. The van der Waals surface area contributed by atoms with Crippen molar-refractivity contribution in [1.29, 1.82) is 0 Å². The maximum absolute atomic E-state index is 6.01. The number of nitrogens with one attached hydrogen (secondary N) is 1. The fourth-order valence-electron chi connectivity index (χ4n) is 4.39. The highest BCUT2D eigenvalue weighted by atomic mass is 16.5. The van der Waals surface area contributed by atoms with Crippen molar-refractivity contribution in [3.05, 3.63) is 35.4 Å². The Morgan fingerprint density at radius 3 is 2.64 bits per heavy atom. The number of rotatable bonds is 5. The van der Waals surface area contributed by atoms with Gasteiger partial charge in [0.1, 0.15) is 6.10 Å². The maximum Gasteiger partial charge on any atom is 0.194 e. The van der Waals surface area contributed by atoms with E-state index in [-0.39, 0.29) is 12.2 Å². The van der Waals surface area contributed by atoms with E-state index < -0.39 is 0 Å². The second-order valence-corrected chi connectivity index (χ2v) is 8.62. The number of nitrogens with zero attached hydrogens (tertiary/aromatic N) is 2. The third-order valence-corrected chi connectivity index (χ3v) is 6.22. The van der Waals surface area contributed by atoms with Crippen molar-refractivity contribution >= 4 is 5.96 Å². The molecule has 3 aliphatic rings. The zero-order valence-electron chi connectivity index (χ0n) is 17.6. The van der Waals surface area contributed by atoms with Gasteiger partial charge < -0.3 is 19.7 Å². The normalized spacial score (nSPS) is 30.7. The zero-order valence-corrected chi connectivity index (χ0v) is 17.6. The molecule has 1 saturated carbocycles. The average molecular weight is 386 g/mol. The summed E-state index contributed by atoms with van der Waals surface area (Å²) in [6, 6.07) is 9.66. The standard InChI is InChI=1S/C23H35N3O2/c1-4-24-23(26-11-13-28-22(15-26)21-6-5-12-27-21)25-20-14-19(20)18-9-7-17(8-10-18)16(2)3/h7-10,16,19-22H,4-6,11-15H2,1-3H3,(H,24,25). The summed E-state index contributed by atoms with van der Waals surface area (Å²) in [6.45, 7) is 10.8. The van der Waals surface area contributed by atoms with Crippen molar-refractivity contribution < 1.29 is 9.47 Å². The van der Waals surface area contributed by atoms with E-state index in [1.54, 1.807) is 0 Å². The van der Waals surface area contributed by atoms with Crippen molar-refractivity contribution in [1.82, 2.24) is 10.2 Å². The zero-order chi connectivity index (χ0) is 19.5. The molecule has 4 rings (SSSR count). The number of benzene rings is 1. The van der Waals surface area contributed by atoms with Crippen LogP contribution < -0.4 is 5.32 Å². The lowest BCUT2D eigenvalue weighted by Crippen LogP contribution is -2.53. The maximum atomic E-state index is 6.01.